The van der Waals surface area contributed by atoms with Gasteiger partial charge in [0.05, 0.1) is 65.0 Å². The molecule has 19 nitrogen and oxygen atoms in total. The smallest absolute Gasteiger partial charge is 0.252 e. The summed E-state index contributed by atoms with van der Waals surface area (Å²) in [6.07, 6.45) is -12.5. The Morgan fingerprint density at radius 1 is 0.796 bits per heavy atom. The molecule has 0 bridgehead atoms. The lowest BCUT2D eigenvalue weighted by atomic mass is 9.92. The number of unbranched alkanes of at least 4 members (excludes halogenated alkanes) is 1. The summed E-state index contributed by atoms with van der Waals surface area (Å²) in [5.41, 5.74) is 0. The molecule has 0 aromatic carbocycles. The molecule has 12 atom stereocenters. The quantitative estimate of drug-likeness (QED) is 0.0424. The van der Waals surface area contributed by atoms with Gasteiger partial charge in [-0.05, 0) is 19.8 Å². The van der Waals surface area contributed by atoms with E-state index < -0.39 is 91.8 Å². The lowest BCUT2D eigenvalue weighted by Gasteiger charge is -2.47. The second kappa shape index (κ2) is 23.7. The summed E-state index contributed by atoms with van der Waals surface area (Å²) >= 11 is 0. The third-order valence-electron chi connectivity index (χ3n) is 7.77. The van der Waals surface area contributed by atoms with Crippen LogP contribution >= 0.6 is 0 Å². The number of aliphatic hydroxyl groups excluding tert-OH is 7. The van der Waals surface area contributed by atoms with Gasteiger partial charge in [0.15, 0.2) is 12.4 Å². The topological polar surface area (TPSA) is 274 Å². The third kappa shape index (κ3) is 14.8. The van der Waals surface area contributed by atoms with Crippen LogP contribution in [0.4, 0.5) is 0 Å². The molecule has 288 valence electrons. The van der Waals surface area contributed by atoms with E-state index in [0.717, 1.165) is 0 Å². The van der Waals surface area contributed by atoms with E-state index in [1.54, 1.807) is 6.92 Å². The monoisotopic (exact) mass is 716 g/mol. The van der Waals surface area contributed by atoms with E-state index in [0.29, 0.717) is 26.1 Å². The van der Waals surface area contributed by atoms with Gasteiger partial charge in [-0.3, -0.25) is 9.59 Å². The van der Waals surface area contributed by atoms with Crippen LogP contribution in [0.15, 0.2) is 0 Å². The van der Waals surface area contributed by atoms with Gasteiger partial charge in [0.1, 0.15) is 48.8 Å². The predicted molar refractivity (Wildman–Crippen MR) is 166 cm³/mol. The maximum Gasteiger partial charge on any atom is 0.252 e. The highest BCUT2D eigenvalue weighted by Gasteiger charge is 2.52. The summed E-state index contributed by atoms with van der Waals surface area (Å²) in [5.74, 6) is -1.15. The Hall–Kier alpha value is -1.66. The van der Waals surface area contributed by atoms with E-state index in [1.807, 2.05) is 0 Å². The van der Waals surface area contributed by atoms with E-state index in [2.05, 4.69) is 10.6 Å². The van der Waals surface area contributed by atoms with Gasteiger partial charge in [-0.2, -0.15) is 0 Å². The van der Waals surface area contributed by atoms with Crippen molar-refractivity contribution in [2.75, 3.05) is 79.7 Å². The highest BCUT2D eigenvalue weighted by Crippen LogP contribution is 2.30. The molecule has 2 heterocycles. The molecule has 2 aliphatic heterocycles. The molecule has 0 radical (unpaired) electrons. The molecule has 9 N–H and O–H groups in total. The van der Waals surface area contributed by atoms with Crippen LogP contribution in [0, 0.1) is 0 Å². The first-order valence-electron chi connectivity index (χ1n) is 16.4. The average molecular weight is 717 g/mol. The molecule has 2 saturated heterocycles. The molecule has 2 fully saturated rings. The van der Waals surface area contributed by atoms with Crippen molar-refractivity contribution in [3.8, 4) is 0 Å². The number of carbonyl (C=O) groups excluding carboxylic acids is 2. The van der Waals surface area contributed by atoms with Gasteiger partial charge in [0.2, 0.25) is 5.91 Å². The molecule has 2 amide bonds. The Bertz CT molecular complexity index is 922. The summed E-state index contributed by atoms with van der Waals surface area (Å²) < 4.78 is 43.8. The molecule has 0 aromatic rings. The minimum atomic E-state index is -1.71. The Morgan fingerprint density at radius 3 is 2.00 bits per heavy atom. The van der Waals surface area contributed by atoms with Crippen LogP contribution in [0.2, 0.25) is 0 Å². The van der Waals surface area contributed by atoms with Gasteiger partial charge in [-0.1, -0.05) is 0 Å². The van der Waals surface area contributed by atoms with Crippen LogP contribution in [-0.2, 0) is 47.5 Å². The van der Waals surface area contributed by atoms with Gasteiger partial charge in [0.25, 0.3) is 5.91 Å². The van der Waals surface area contributed by atoms with E-state index in [4.69, 9.17) is 43.0 Å². The minimum absolute atomic E-state index is 0.0349. The number of carbonyl (C=O) groups is 2. The van der Waals surface area contributed by atoms with Crippen molar-refractivity contribution in [3.05, 3.63) is 0 Å². The molecule has 0 aromatic heterocycles. The van der Waals surface area contributed by atoms with Crippen molar-refractivity contribution >= 4 is 11.8 Å². The van der Waals surface area contributed by atoms with Crippen LogP contribution in [0.25, 0.3) is 0 Å². The zero-order chi connectivity index (χ0) is 36.3. The van der Waals surface area contributed by atoms with Crippen LogP contribution in [0.5, 0.6) is 0 Å². The molecule has 49 heavy (non-hydrogen) atoms. The normalized spacial score (nSPS) is 31.6. The molecule has 2 rings (SSSR count). The summed E-state index contributed by atoms with van der Waals surface area (Å²) in [6.45, 7) is 3.48. The second-order valence-electron chi connectivity index (χ2n) is 11.8. The number of rotatable bonds is 24. The molecule has 0 saturated carbocycles. The van der Waals surface area contributed by atoms with Crippen molar-refractivity contribution in [2.24, 2.45) is 0 Å². The number of methoxy groups -OCH3 is 1. The van der Waals surface area contributed by atoms with Crippen molar-refractivity contribution in [2.45, 2.75) is 100 Å². The average Bonchev–Trinajstić information content (AvgIpc) is 3.07. The Labute approximate surface area is 285 Å². The fourth-order valence-corrected chi connectivity index (χ4v) is 5.19. The number of nitrogens with one attached hydrogen (secondary N) is 2. The number of amides is 2. The van der Waals surface area contributed by atoms with E-state index >= 15 is 0 Å². The fourth-order valence-electron chi connectivity index (χ4n) is 5.19. The first-order valence-corrected chi connectivity index (χ1v) is 16.4. The van der Waals surface area contributed by atoms with Gasteiger partial charge >= 0.3 is 0 Å². The van der Waals surface area contributed by atoms with Gasteiger partial charge in [-0.15, -0.1) is 0 Å². The Kier molecular flexibility index (Phi) is 21.1. The van der Waals surface area contributed by atoms with Gasteiger partial charge < -0.3 is 84.3 Å². The molecule has 2 aliphatic rings. The van der Waals surface area contributed by atoms with Crippen LogP contribution < -0.4 is 10.6 Å². The lowest BCUT2D eigenvalue weighted by Crippen LogP contribution is -2.68. The van der Waals surface area contributed by atoms with Crippen LogP contribution in [-0.4, -0.2) is 201 Å². The van der Waals surface area contributed by atoms with Crippen molar-refractivity contribution in [1.82, 2.24) is 10.6 Å². The summed E-state index contributed by atoms with van der Waals surface area (Å²) in [4.78, 5) is 24.9. The number of hydrogen-bond acceptors (Lipinski definition) is 17. The molecular weight excluding hydrogens is 660 g/mol. The second-order valence-corrected chi connectivity index (χ2v) is 11.8. The largest absolute Gasteiger partial charge is 0.394 e. The first kappa shape index (κ1) is 43.5. The molecule has 19 heteroatoms. The maximum atomic E-state index is 13.0. The molecule has 0 spiro atoms. The maximum absolute atomic E-state index is 13.0. The van der Waals surface area contributed by atoms with Gasteiger partial charge in [0, 0.05) is 33.8 Å². The predicted octanol–water partition coefficient (Wildman–Crippen LogP) is -4.84. The highest BCUT2D eigenvalue weighted by molar-refractivity contribution is 5.81. The summed E-state index contributed by atoms with van der Waals surface area (Å²) in [5, 5.41) is 75.0. The lowest BCUT2D eigenvalue weighted by molar-refractivity contribution is -0.325. The standard InChI is InChI=1S/C30H56N2O17/c1-17-22(32-18(2)35)26(23(38)21(13-34)47-17)48-30-25(40)24(39)27(42-3)28(49-30)29(41)31-6-9-43-10-11-46-16-20(37)15-45-8-5-4-7-44-14-19(36)12-33/h17,19-28,30,33-34,36-40H,4-16H2,1-3H3,(H,31,41)(H,32,35)/t17-,19?,20?,21?,22?,23+,24+,25?,26+,27-,28?,30+/m0/s1. The number of ether oxygens (including phenoxy) is 8. The SMILES string of the molecule is CO[C@@H]1C(C(=O)NCCOCCOCC(O)COCCCCOCC(O)CO)O[C@@H](O[C@@H]2C(NC(C)=O)[C@H](C)OC(CO)[C@H]2O)C(O)[C@H]1O. The fraction of sp³-hybridized carbons (Fsp3) is 0.933. The van der Waals surface area contributed by atoms with Crippen molar-refractivity contribution in [1.29, 1.82) is 0 Å². The van der Waals surface area contributed by atoms with Crippen molar-refractivity contribution < 1.29 is 83.2 Å². The zero-order valence-corrected chi connectivity index (χ0v) is 28.3. The van der Waals surface area contributed by atoms with Crippen molar-refractivity contribution in [3.63, 3.8) is 0 Å². The first-order chi connectivity index (χ1) is 23.4. The summed E-state index contributed by atoms with van der Waals surface area (Å²) in [6, 6.07) is -0.920. The van der Waals surface area contributed by atoms with E-state index in [9.17, 15) is 40.2 Å². The minimum Gasteiger partial charge on any atom is -0.394 e. The van der Waals surface area contributed by atoms with E-state index in [1.165, 1.54) is 14.0 Å². The molecule has 6 unspecified atom stereocenters. The Morgan fingerprint density at radius 2 is 1.41 bits per heavy atom. The Balaban J connectivity index is 1.71. The molecule has 0 aliphatic carbocycles. The summed E-state index contributed by atoms with van der Waals surface area (Å²) in [7, 11) is 1.23. The number of hydrogen-bond donors (Lipinski definition) is 9. The van der Waals surface area contributed by atoms with Crippen LogP contribution in [0.1, 0.15) is 26.7 Å². The van der Waals surface area contributed by atoms with E-state index in [-0.39, 0.29) is 52.8 Å². The highest BCUT2D eigenvalue weighted by atomic mass is 16.7. The number of aliphatic hydroxyl groups is 7. The van der Waals surface area contributed by atoms with Crippen LogP contribution in [0.3, 0.4) is 0 Å². The van der Waals surface area contributed by atoms with Gasteiger partial charge in [-0.25, -0.2) is 0 Å². The molecular formula is C30H56N2O17. The zero-order valence-electron chi connectivity index (χ0n) is 28.3. The third-order valence-corrected chi connectivity index (χ3v) is 7.77.